The Balaban J connectivity index is 1.71. The minimum absolute atomic E-state index is 0.249. The topological polar surface area (TPSA) is 74.0 Å². The van der Waals surface area contributed by atoms with Gasteiger partial charge in [0.2, 0.25) is 0 Å². The summed E-state index contributed by atoms with van der Waals surface area (Å²) in [6, 6.07) is 13.2. The fourth-order valence-corrected chi connectivity index (χ4v) is 2.94. The summed E-state index contributed by atoms with van der Waals surface area (Å²) in [6.07, 6.45) is 1.79. The number of aromatic amines is 1. The van der Waals surface area contributed by atoms with Crippen molar-refractivity contribution < 1.29 is 9.59 Å². The van der Waals surface area contributed by atoms with Gasteiger partial charge in [0, 0.05) is 17.1 Å². The first-order valence-electron chi connectivity index (χ1n) is 8.21. The van der Waals surface area contributed by atoms with Gasteiger partial charge in [-0.3, -0.25) is 9.59 Å². The summed E-state index contributed by atoms with van der Waals surface area (Å²) in [6.45, 7) is 5.87. The second-order valence-corrected chi connectivity index (χ2v) is 6.25. The lowest BCUT2D eigenvalue weighted by atomic mass is 10.00. The molecule has 0 aliphatic rings. The number of H-pyrrole nitrogens is 1. The number of benzene rings is 2. The Morgan fingerprint density at radius 2 is 1.84 bits per heavy atom. The van der Waals surface area contributed by atoms with Crippen LogP contribution in [-0.4, -0.2) is 16.8 Å². The maximum Gasteiger partial charge on any atom is 0.313 e. The van der Waals surface area contributed by atoms with E-state index in [1.807, 2.05) is 57.2 Å². The molecule has 0 saturated carbocycles. The molecule has 0 bridgehead atoms. The van der Waals surface area contributed by atoms with Crippen molar-refractivity contribution in [3.05, 3.63) is 65.4 Å². The van der Waals surface area contributed by atoms with Crippen LogP contribution >= 0.6 is 0 Å². The van der Waals surface area contributed by atoms with E-state index >= 15 is 0 Å². The summed E-state index contributed by atoms with van der Waals surface area (Å²) in [5, 5.41) is 6.32. The first-order chi connectivity index (χ1) is 12.0. The number of fused-ring (bicyclic) bond motifs is 1. The highest BCUT2D eigenvalue weighted by Gasteiger charge is 2.19. The minimum atomic E-state index is -0.675. The van der Waals surface area contributed by atoms with Crippen molar-refractivity contribution in [3.8, 4) is 0 Å². The summed E-state index contributed by atoms with van der Waals surface area (Å²) in [5.41, 5.74) is 4.72. The SMILES string of the molecule is Cc1ccc(C)c([C@H](C)NC(=O)C(=O)Nc2cccc3[nH]ccc23)c1. The maximum atomic E-state index is 12.3. The zero-order valence-corrected chi connectivity index (χ0v) is 14.5. The molecule has 25 heavy (non-hydrogen) atoms. The van der Waals surface area contributed by atoms with Gasteiger partial charge in [-0.2, -0.15) is 0 Å². The number of hydrogen-bond acceptors (Lipinski definition) is 2. The van der Waals surface area contributed by atoms with Crippen molar-refractivity contribution in [2.75, 3.05) is 5.32 Å². The van der Waals surface area contributed by atoms with E-state index in [9.17, 15) is 9.59 Å². The van der Waals surface area contributed by atoms with Gasteiger partial charge in [-0.15, -0.1) is 0 Å². The third kappa shape index (κ3) is 3.55. The van der Waals surface area contributed by atoms with E-state index in [0.29, 0.717) is 5.69 Å². The van der Waals surface area contributed by atoms with E-state index in [1.165, 1.54) is 0 Å². The zero-order chi connectivity index (χ0) is 18.0. The number of aromatic nitrogens is 1. The summed E-state index contributed by atoms with van der Waals surface area (Å²) in [5.74, 6) is -1.33. The molecule has 0 saturated heterocycles. The van der Waals surface area contributed by atoms with Crippen molar-refractivity contribution in [2.24, 2.45) is 0 Å². The van der Waals surface area contributed by atoms with E-state index < -0.39 is 11.8 Å². The molecule has 3 aromatic rings. The molecular weight excluding hydrogens is 314 g/mol. The number of hydrogen-bond donors (Lipinski definition) is 3. The summed E-state index contributed by atoms with van der Waals surface area (Å²) >= 11 is 0. The second-order valence-electron chi connectivity index (χ2n) is 6.25. The van der Waals surface area contributed by atoms with Crippen LogP contribution in [0.1, 0.15) is 29.7 Å². The number of anilines is 1. The Labute approximate surface area is 146 Å². The van der Waals surface area contributed by atoms with Gasteiger partial charge < -0.3 is 15.6 Å². The lowest BCUT2D eigenvalue weighted by Crippen LogP contribution is -2.37. The van der Waals surface area contributed by atoms with Gasteiger partial charge in [0.1, 0.15) is 0 Å². The highest BCUT2D eigenvalue weighted by atomic mass is 16.2. The third-order valence-electron chi connectivity index (χ3n) is 4.30. The van der Waals surface area contributed by atoms with Crippen molar-refractivity contribution in [1.29, 1.82) is 0 Å². The normalized spacial score (nSPS) is 12.0. The van der Waals surface area contributed by atoms with Crippen LogP contribution in [-0.2, 0) is 9.59 Å². The van der Waals surface area contributed by atoms with Gasteiger partial charge in [0.15, 0.2) is 0 Å². The number of rotatable bonds is 3. The Morgan fingerprint density at radius 1 is 1.04 bits per heavy atom. The molecule has 1 aromatic heterocycles. The monoisotopic (exact) mass is 335 g/mol. The molecule has 0 aliphatic carbocycles. The van der Waals surface area contributed by atoms with Gasteiger partial charge in [-0.05, 0) is 50.1 Å². The van der Waals surface area contributed by atoms with Crippen LogP contribution in [0.3, 0.4) is 0 Å². The summed E-state index contributed by atoms with van der Waals surface area (Å²) in [7, 11) is 0. The highest BCUT2D eigenvalue weighted by molar-refractivity contribution is 6.40. The lowest BCUT2D eigenvalue weighted by molar-refractivity contribution is -0.136. The van der Waals surface area contributed by atoms with Crippen LogP contribution in [0.5, 0.6) is 0 Å². The molecule has 0 spiro atoms. The summed E-state index contributed by atoms with van der Waals surface area (Å²) < 4.78 is 0. The smallest absolute Gasteiger partial charge is 0.313 e. The van der Waals surface area contributed by atoms with Crippen molar-refractivity contribution in [1.82, 2.24) is 10.3 Å². The number of aryl methyl sites for hydroxylation is 2. The number of nitrogens with one attached hydrogen (secondary N) is 3. The molecule has 2 amide bonds. The molecule has 5 heteroatoms. The Kier molecular flexibility index (Phi) is 4.57. The molecule has 1 heterocycles. The highest BCUT2D eigenvalue weighted by Crippen LogP contribution is 2.22. The predicted octanol–water partition coefficient (Wildman–Crippen LogP) is 3.60. The van der Waals surface area contributed by atoms with E-state index in [-0.39, 0.29) is 6.04 Å². The quantitative estimate of drug-likeness (QED) is 0.640. The van der Waals surface area contributed by atoms with Crippen molar-refractivity contribution in [3.63, 3.8) is 0 Å². The van der Waals surface area contributed by atoms with Gasteiger partial charge in [-0.1, -0.05) is 29.8 Å². The van der Waals surface area contributed by atoms with Gasteiger partial charge >= 0.3 is 11.8 Å². The van der Waals surface area contributed by atoms with Crippen LogP contribution < -0.4 is 10.6 Å². The molecule has 0 fully saturated rings. The van der Waals surface area contributed by atoms with Crippen molar-refractivity contribution >= 4 is 28.4 Å². The molecule has 5 nitrogen and oxygen atoms in total. The number of carbonyl (C=O) groups is 2. The molecule has 3 N–H and O–H groups in total. The fourth-order valence-electron chi connectivity index (χ4n) is 2.94. The van der Waals surface area contributed by atoms with Crippen molar-refractivity contribution in [2.45, 2.75) is 26.8 Å². The average molecular weight is 335 g/mol. The van der Waals surface area contributed by atoms with Crippen LogP contribution in [0.2, 0.25) is 0 Å². The van der Waals surface area contributed by atoms with Crippen LogP contribution in [0.25, 0.3) is 10.9 Å². The summed E-state index contributed by atoms with van der Waals surface area (Å²) in [4.78, 5) is 27.6. The van der Waals surface area contributed by atoms with E-state index in [4.69, 9.17) is 0 Å². The Hall–Kier alpha value is -3.08. The Morgan fingerprint density at radius 3 is 2.64 bits per heavy atom. The minimum Gasteiger partial charge on any atom is -0.361 e. The van der Waals surface area contributed by atoms with Gasteiger partial charge in [-0.25, -0.2) is 0 Å². The Bertz CT molecular complexity index is 943. The molecule has 2 aromatic carbocycles. The van der Waals surface area contributed by atoms with Crippen LogP contribution in [0, 0.1) is 13.8 Å². The predicted molar refractivity (Wildman–Crippen MR) is 99.4 cm³/mol. The van der Waals surface area contributed by atoms with E-state index in [0.717, 1.165) is 27.6 Å². The molecule has 3 rings (SSSR count). The number of carbonyl (C=O) groups excluding carboxylic acids is 2. The molecular formula is C20H21N3O2. The molecule has 0 unspecified atom stereocenters. The maximum absolute atomic E-state index is 12.3. The fraction of sp³-hybridized carbons (Fsp3) is 0.200. The van der Waals surface area contributed by atoms with Gasteiger partial charge in [0.05, 0.1) is 11.7 Å². The van der Waals surface area contributed by atoms with E-state index in [1.54, 1.807) is 12.3 Å². The average Bonchev–Trinajstić information content (AvgIpc) is 3.06. The lowest BCUT2D eigenvalue weighted by Gasteiger charge is -2.17. The largest absolute Gasteiger partial charge is 0.361 e. The molecule has 128 valence electrons. The zero-order valence-electron chi connectivity index (χ0n) is 14.5. The first kappa shape index (κ1) is 16.8. The molecule has 0 radical (unpaired) electrons. The molecule has 1 atom stereocenters. The second kappa shape index (κ2) is 6.81. The van der Waals surface area contributed by atoms with Gasteiger partial charge in [0.25, 0.3) is 0 Å². The van der Waals surface area contributed by atoms with Crippen LogP contribution in [0.4, 0.5) is 5.69 Å². The third-order valence-corrected chi connectivity index (χ3v) is 4.30. The number of amides is 2. The first-order valence-corrected chi connectivity index (χ1v) is 8.21. The van der Waals surface area contributed by atoms with E-state index in [2.05, 4.69) is 15.6 Å². The molecule has 0 aliphatic heterocycles. The van der Waals surface area contributed by atoms with Crippen LogP contribution in [0.15, 0.2) is 48.7 Å². The standard InChI is InChI=1S/C20H21N3O2/c1-12-7-8-13(2)16(11-12)14(3)22-19(24)20(25)23-18-6-4-5-17-15(18)9-10-21-17/h4-11,14,21H,1-3H3,(H,22,24)(H,23,25)/t14-/m0/s1.